The number of anilines is 1. The number of benzene rings is 2. The van der Waals surface area contributed by atoms with Gasteiger partial charge < -0.3 is 19.5 Å². The summed E-state index contributed by atoms with van der Waals surface area (Å²) < 4.78 is 15.7. The first-order valence-electron chi connectivity index (χ1n) is 7.83. The van der Waals surface area contributed by atoms with E-state index in [2.05, 4.69) is 5.32 Å². The Morgan fingerprint density at radius 1 is 1.08 bits per heavy atom. The molecule has 2 aromatic rings. The number of nitrogens with one attached hydrogen (secondary N) is 1. The fourth-order valence-electron chi connectivity index (χ4n) is 2.53. The van der Waals surface area contributed by atoms with E-state index in [-0.39, 0.29) is 11.3 Å². The van der Waals surface area contributed by atoms with E-state index in [1.54, 1.807) is 12.1 Å². The summed E-state index contributed by atoms with van der Waals surface area (Å²) in [7, 11) is 4.37. The van der Waals surface area contributed by atoms with Crippen LogP contribution >= 0.6 is 0 Å². The van der Waals surface area contributed by atoms with Crippen molar-refractivity contribution in [2.75, 3.05) is 26.6 Å². The molecule has 0 spiro atoms. The predicted molar refractivity (Wildman–Crippen MR) is 96.5 cm³/mol. The Labute approximate surface area is 150 Å². The second-order valence-corrected chi connectivity index (χ2v) is 5.32. The number of aryl methyl sites for hydroxylation is 1. The summed E-state index contributed by atoms with van der Waals surface area (Å²) in [5.74, 6) is 0.589. The molecule has 1 amide bonds. The third kappa shape index (κ3) is 3.85. The maximum Gasteiger partial charge on any atom is 0.274 e. The highest BCUT2D eigenvalue weighted by molar-refractivity contribution is 6.05. The Hall–Kier alpha value is -3.29. The molecule has 0 atom stereocenters. The molecule has 0 fully saturated rings. The van der Waals surface area contributed by atoms with Crippen LogP contribution in [0.5, 0.6) is 17.2 Å². The summed E-state index contributed by atoms with van der Waals surface area (Å²) in [6.07, 6.45) is 0.525. The van der Waals surface area contributed by atoms with E-state index in [9.17, 15) is 14.9 Å². The van der Waals surface area contributed by atoms with E-state index in [0.29, 0.717) is 34.9 Å². The number of carbonyl (C=O) groups excluding carboxylic acids is 1. The van der Waals surface area contributed by atoms with Gasteiger partial charge in [0.2, 0.25) is 5.75 Å². The summed E-state index contributed by atoms with van der Waals surface area (Å²) in [5.41, 5.74) is 1.16. The van der Waals surface area contributed by atoms with E-state index in [1.807, 2.05) is 6.92 Å². The van der Waals surface area contributed by atoms with Gasteiger partial charge in [-0.25, -0.2) is 0 Å². The van der Waals surface area contributed by atoms with Crippen molar-refractivity contribution in [3.63, 3.8) is 0 Å². The Balaban J connectivity index is 2.36. The molecule has 0 aliphatic carbocycles. The number of rotatable bonds is 7. The lowest BCUT2D eigenvalue weighted by Gasteiger charge is -2.14. The molecule has 0 aliphatic rings. The van der Waals surface area contributed by atoms with Crippen LogP contribution < -0.4 is 19.5 Å². The van der Waals surface area contributed by atoms with Crippen LogP contribution in [-0.4, -0.2) is 32.2 Å². The van der Waals surface area contributed by atoms with Gasteiger partial charge in [0.15, 0.2) is 11.5 Å². The third-order valence-corrected chi connectivity index (χ3v) is 3.85. The van der Waals surface area contributed by atoms with Crippen molar-refractivity contribution in [1.29, 1.82) is 0 Å². The van der Waals surface area contributed by atoms with Crippen LogP contribution in [0.15, 0.2) is 30.3 Å². The van der Waals surface area contributed by atoms with Crippen molar-refractivity contribution in [1.82, 2.24) is 0 Å². The maximum absolute atomic E-state index is 12.6. The number of methoxy groups -OCH3 is 3. The van der Waals surface area contributed by atoms with E-state index < -0.39 is 10.8 Å². The molecule has 2 aromatic carbocycles. The average molecular weight is 360 g/mol. The first kappa shape index (κ1) is 19.0. The quantitative estimate of drug-likeness (QED) is 0.600. The number of amides is 1. The molecule has 1 N–H and O–H groups in total. The smallest absolute Gasteiger partial charge is 0.274 e. The van der Waals surface area contributed by atoms with E-state index >= 15 is 0 Å². The number of hydrogen-bond donors (Lipinski definition) is 1. The molecule has 0 heterocycles. The van der Waals surface area contributed by atoms with Crippen molar-refractivity contribution in [3.8, 4) is 17.2 Å². The monoisotopic (exact) mass is 360 g/mol. The zero-order valence-electron chi connectivity index (χ0n) is 15.0. The lowest BCUT2D eigenvalue weighted by atomic mass is 10.1. The molecule has 0 aromatic heterocycles. The second kappa shape index (κ2) is 8.19. The molecule has 8 heteroatoms. The SMILES string of the molecule is CCc1ccc(NC(=O)c2cc(OC)c(OC)c(OC)c2)cc1[N+](=O)[O-]. The molecule has 0 saturated carbocycles. The maximum atomic E-state index is 12.6. The number of nitrogens with zero attached hydrogens (tertiary/aromatic N) is 1. The van der Waals surface area contributed by atoms with Crippen molar-refractivity contribution < 1.29 is 23.9 Å². The first-order valence-corrected chi connectivity index (χ1v) is 7.83. The normalized spacial score (nSPS) is 10.2. The Kier molecular flexibility index (Phi) is 6.00. The Morgan fingerprint density at radius 3 is 2.15 bits per heavy atom. The fourth-order valence-corrected chi connectivity index (χ4v) is 2.53. The number of ether oxygens (including phenoxy) is 3. The first-order chi connectivity index (χ1) is 12.4. The number of carbonyl (C=O) groups is 1. The van der Waals surface area contributed by atoms with Gasteiger partial charge in [-0.3, -0.25) is 14.9 Å². The topological polar surface area (TPSA) is 99.9 Å². The fraction of sp³-hybridized carbons (Fsp3) is 0.278. The van der Waals surface area contributed by atoms with Crippen LogP contribution in [-0.2, 0) is 6.42 Å². The summed E-state index contributed by atoms with van der Waals surface area (Å²) >= 11 is 0. The van der Waals surface area contributed by atoms with E-state index in [4.69, 9.17) is 14.2 Å². The highest BCUT2D eigenvalue weighted by atomic mass is 16.6. The van der Waals surface area contributed by atoms with Crippen LogP contribution in [0.25, 0.3) is 0 Å². The van der Waals surface area contributed by atoms with Crippen LogP contribution in [0.1, 0.15) is 22.8 Å². The average Bonchev–Trinajstić information content (AvgIpc) is 2.66. The van der Waals surface area contributed by atoms with Crippen LogP contribution in [0.2, 0.25) is 0 Å². The summed E-state index contributed by atoms with van der Waals surface area (Å²) in [4.78, 5) is 23.3. The molecule has 2 rings (SSSR count). The third-order valence-electron chi connectivity index (χ3n) is 3.85. The van der Waals surface area contributed by atoms with Crippen molar-refractivity contribution in [2.24, 2.45) is 0 Å². The Morgan fingerprint density at radius 2 is 1.69 bits per heavy atom. The lowest BCUT2D eigenvalue weighted by Crippen LogP contribution is -2.13. The lowest BCUT2D eigenvalue weighted by molar-refractivity contribution is -0.385. The van der Waals surface area contributed by atoms with E-state index in [0.717, 1.165) is 0 Å². The molecular weight excluding hydrogens is 340 g/mol. The molecular formula is C18H20N2O6. The minimum atomic E-state index is -0.464. The van der Waals surface area contributed by atoms with Crippen LogP contribution in [0, 0.1) is 10.1 Å². The summed E-state index contributed by atoms with van der Waals surface area (Å²) in [5, 5.41) is 13.8. The zero-order chi connectivity index (χ0) is 19.3. The molecule has 26 heavy (non-hydrogen) atoms. The highest BCUT2D eigenvalue weighted by Gasteiger charge is 2.18. The van der Waals surface area contributed by atoms with Crippen LogP contribution in [0.4, 0.5) is 11.4 Å². The molecule has 0 unspecified atom stereocenters. The van der Waals surface area contributed by atoms with Crippen LogP contribution in [0.3, 0.4) is 0 Å². The zero-order valence-corrected chi connectivity index (χ0v) is 15.0. The van der Waals surface area contributed by atoms with Gasteiger partial charge in [0, 0.05) is 22.9 Å². The largest absolute Gasteiger partial charge is 0.493 e. The molecule has 0 aliphatic heterocycles. The van der Waals surface area contributed by atoms with Crippen molar-refractivity contribution in [2.45, 2.75) is 13.3 Å². The molecule has 0 saturated heterocycles. The van der Waals surface area contributed by atoms with Gasteiger partial charge in [0.05, 0.1) is 26.3 Å². The van der Waals surface area contributed by atoms with Crippen molar-refractivity contribution >= 4 is 17.3 Å². The molecule has 0 radical (unpaired) electrons. The van der Waals surface area contributed by atoms with E-state index in [1.165, 1.54) is 39.5 Å². The van der Waals surface area contributed by atoms with Gasteiger partial charge in [0.1, 0.15) is 0 Å². The Bertz CT molecular complexity index is 809. The number of nitro groups is 1. The van der Waals surface area contributed by atoms with Gasteiger partial charge in [-0.05, 0) is 24.6 Å². The minimum Gasteiger partial charge on any atom is -0.493 e. The van der Waals surface area contributed by atoms with Crippen molar-refractivity contribution in [3.05, 3.63) is 51.6 Å². The van der Waals surface area contributed by atoms with Gasteiger partial charge in [-0.1, -0.05) is 13.0 Å². The van der Waals surface area contributed by atoms with Gasteiger partial charge >= 0.3 is 0 Å². The second-order valence-electron chi connectivity index (χ2n) is 5.32. The summed E-state index contributed by atoms with van der Waals surface area (Å²) in [6, 6.07) is 7.61. The number of nitro benzene ring substituents is 1. The minimum absolute atomic E-state index is 0.0322. The number of hydrogen-bond acceptors (Lipinski definition) is 6. The standard InChI is InChI=1S/C18H20N2O6/c1-5-11-6-7-13(10-14(11)20(22)23)19-18(21)12-8-15(24-2)17(26-4)16(9-12)25-3/h6-10H,5H2,1-4H3,(H,19,21). The summed E-state index contributed by atoms with van der Waals surface area (Å²) in [6.45, 7) is 1.83. The van der Waals surface area contributed by atoms with Gasteiger partial charge in [-0.2, -0.15) is 0 Å². The predicted octanol–water partition coefficient (Wildman–Crippen LogP) is 3.44. The molecule has 8 nitrogen and oxygen atoms in total. The van der Waals surface area contributed by atoms with Gasteiger partial charge in [0.25, 0.3) is 11.6 Å². The molecule has 138 valence electrons. The highest BCUT2D eigenvalue weighted by Crippen LogP contribution is 2.38. The van der Waals surface area contributed by atoms with Gasteiger partial charge in [-0.15, -0.1) is 0 Å². The molecule has 0 bridgehead atoms.